The summed E-state index contributed by atoms with van der Waals surface area (Å²) in [6.45, 7) is 7.62. The largest absolute Gasteiger partial charge is 0.381 e. The molecule has 186 valence electrons. The molecule has 0 radical (unpaired) electrons. The fourth-order valence-electron chi connectivity index (χ4n) is 6.96. The van der Waals surface area contributed by atoms with Gasteiger partial charge in [-0.05, 0) is 73.1 Å². The number of amides is 3. The number of hydrogen-bond acceptors (Lipinski definition) is 3. The van der Waals surface area contributed by atoms with E-state index < -0.39 is 5.54 Å². The molecule has 3 fully saturated rings. The van der Waals surface area contributed by atoms with Crippen LogP contribution in [0.1, 0.15) is 67.2 Å². The van der Waals surface area contributed by atoms with E-state index >= 15 is 0 Å². The van der Waals surface area contributed by atoms with E-state index in [0.29, 0.717) is 11.3 Å². The molecule has 1 saturated heterocycles. The number of methoxy groups -OCH3 is 1. The Labute approximate surface area is 212 Å². The van der Waals surface area contributed by atoms with Gasteiger partial charge in [0.1, 0.15) is 0 Å². The Balaban J connectivity index is 1.40. The van der Waals surface area contributed by atoms with Gasteiger partial charge in [-0.15, -0.1) is 0 Å². The molecule has 2 aromatic rings. The minimum absolute atomic E-state index is 0.110. The van der Waals surface area contributed by atoms with Crippen LogP contribution in [-0.2, 0) is 34.5 Å². The number of imide groups is 1. The number of para-hydroxylation sites is 1. The third-order valence-corrected chi connectivity index (χ3v) is 9.21. The van der Waals surface area contributed by atoms with Crippen molar-refractivity contribution in [3.05, 3.63) is 76.1 Å². The monoisotopic (exact) mass is 483 g/mol. The molecule has 3 amide bonds. The smallest absolute Gasteiger partial charge is 0.325 e. The van der Waals surface area contributed by atoms with E-state index in [1.807, 2.05) is 18.2 Å². The molecule has 2 spiro atoms. The van der Waals surface area contributed by atoms with E-state index in [1.165, 1.54) is 35.3 Å². The van der Waals surface area contributed by atoms with Gasteiger partial charge in [-0.25, -0.2) is 9.64 Å². The van der Waals surface area contributed by atoms with Gasteiger partial charge in [0.2, 0.25) is 0 Å². The lowest BCUT2D eigenvalue weighted by molar-refractivity contribution is -0.139. The second-order valence-electron chi connectivity index (χ2n) is 11.2. The third-order valence-electron chi connectivity index (χ3n) is 9.21. The summed E-state index contributed by atoms with van der Waals surface area (Å²) in [5.41, 5.74) is 3.18. The van der Waals surface area contributed by atoms with E-state index in [9.17, 15) is 9.59 Å². The number of carbonyl (C=O) groups excluding carboxylic acids is 2. The van der Waals surface area contributed by atoms with E-state index in [2.05, 4.69) is 28.4 Å². The summed E-state index contributed by atoms with van der Waals surface area (Å²) >= 11 is 0. The van der Waals surface area contributed by atoms with Crippen molar-refractivity contribution >= 4 is 17.6 Å². The molecule has 1 atom stereocenters. The van der Waals surface area contributed by atoms with Gasteiger partial charge in [0, 0.05) is 19.1 Å². The van der Waals surface area contributed by atoms with Crippen LogP contribution < -0.4 is 5.32 Å². The molecule has 1 heterocycles. The Morgan fingerprint density at radius 2 is 1.89 bits per heavy atom. The van der Waals surface area contributed by atoms with Crippen LogP contribution in [-0.4, -0.2) is 30.1 Å². The number of nitrogens with one attached hydrogen (secondary N) is 1. The van der Waals surface area contributed by atoms with Gasteiger partial charge < -0.3 is 10.1 Å². The number of carbonyl (C=O) groups is 2. The van der Waals surface area contributed by atoms with Crippen LogP contribution in [0.25, 0.3) is 4.85 Å². The first-order valence-corrected chi connectivity index (χ1v) is 13.2. The van der Waals surface area contributed by atoms with E-state index in [4.69, 9.17) is 11.3 Å². The predicted molar refractivity (Wildman–Crippen MR) is 136 cm³/mol. The molecule has 1 N–H and O–H groups in total. The molecular formula is C30H33N3O3. The first kappa shape index (κ1) is 23.2. The maximum absolute atomic E-state index is 14.5. The van der Waals surface area contributed by atoms with Gasteiger partial charge in [0.15, 0.2) is 11.2 Å². The van der Waals surface area contributed by atoms with Gasteiger partial charge in [-0.1, -0.05) is 55.3 Å². The molecule has 6 heteroatoms. The molecule has 6 nitrogen and oxygen atoms in total. The first-order valence-electron chi connectivity index (χ1n) is 13.2. The van der Waals surface area contributed by atoms with Gasteiger partial charge in [-0.2, -0.15) is 0 Å². The Morgan fingerprint density at radius 3 is 2.61 bits per heavy atom. The number of benzene rings is 2. The maximum atomic E-state index is 14.5. The molecular weight excluding hydrogens is 450 g/mol. The van der Waals surface area contributed by atoms with Crippen molar-refractivity contribution in [2.24, 2.45) is 11.3 Å². The number of fused-ring (bicyclic) bond motifs is 3. The lowest BCUT2D eigenvalue weighted by Crippen LogP contribution is -2.56. The Morgan fingerprint density at radius 1 is 1.11 bits per heavy atom. The number of hydrogen-bond donors (Lipinski definition) is 1. The fourth-order valence-corrected chi connectivity index (χ4v) is 6.96. The van der Waals surface area contributed by atoms with Crippen LogP contribution in [0.4, 0.5) is 10.5 Å². The molecule has 36 heavy (non-hydrogen) atoms. The zero-order valence-electron chi connectivity index (χ0n) is 20.9. The SMILES string of the molecule is [C-]#[N+]c1ccccc1CN1C(=O)NC2(C1=O)c1cc(CCC3CC3)ccc1CC21CCC(OC)CC1. The average molecular weight is 484 g/mol. The Hall–Kier alpha value is -3.17. The van der Waals surface area contributed by atoms with E-state index in [1.54, 1.807) is 13.2 Å². The Bertz CT molecular complexity index is 1250. The van der Waals surface area contributed by atoms with Crippen molar-refractivity contribution in [1.29, 1.82) is 0 Å². The van der Waals surface area contributed by atoms with E-state index in [-0.39, 0.29) is 30.0 Å². The van der Waals surface area contributed by atoms with Crippen LogP contribution in [0.15, 0.2) is 42.5 Å². The first-order chi connectivity index (χ1) is 17.5. The standard InChI is InChI=1S/C30H33N3O3/c1-31-26-6-4-3-5-23(26)19-33-27(34)30(32-28(33)35)25-17-21(10-9-20-7-8-20)11-12-22(25)18-29(30)15-13-24(36-2)14-16-29/h3-6,11-12,17,20,24H,7-10,13-16,18-19H2,2H3,(H,32,35). The molecule has 6 rings (SSSR count). The summed E-state index contributed by atoms with van der Waals surface area (Å²) in [4.78, 5) is 32.9. The topological polar surface area (TPSA) is 63.0 Å². The molecule has 2 saturated carbocycles. The zero-order chi connectivity index (χ0) is 24.9. The summed E-state index contributed by atoms with van der Waals surface area (Å²) in [7, 11) is 1.76. The summed E-state index contributed by atoms with van der Waals surface area (Å²) < 4.78 is 5.66. The van der Waals surface area contributed by atoms with Crippen molar-refractivity contribution in [1.82, 2.24) is 10.2 Å². The molecule has 1 aliphatic heterocycles. The highest BCUT2D eigenvalue weighted by atomic mass is 16.5. The van der Waals surface area contributed by atoms with Gasteiger partial charge >= 0.3 is 6.03 Å². The highest BCUT2D eigenvalue weighted by Crippen LogP contribution is 2.60. The average Bonchev–Trinajstić information content (AvgIpc) is 3.66. The molecule has 2 aromatic carbocycles. The van der Waals surface area contributed by atoms with Crippen molar-refractivity contribution in [2.45, 2.75) is 76.0 Å². The quantitative estimate of drug-likeness (QED) is 0.426. The fraction of sp³-hybridized carbons (Fsp3) is 0.500. The number of nitrogens with zero attached hydrogens (tertiary/aromatic N) is 2. The number of rotatable bonds is 6. The summed E-state index contributed by atoms with van der Waals surface area (Å²) in [6, 6.07) is 13.5. The molecule has 0 aromatic heterocycles. The van der Waals surface area contributed by atoms with E-state index in [0.717, 1.165) is 50.0 Å². The summed E-state index contributed by atoms with van der Waals surface area (Å²) in [5, 5.41) is 3.26. The normalized spacial score (nSPS) is 29.0. The maximum Gasteiger partial charge on any atom is 0.325 e. The third kappa shape index (κ3) is 3.56. The zero-order valence-corrected chi connectivity index (χ0v) is 20.9. The van der Waals surface area contributed by atoms with Gasteiger partial charge in [0.05, 0.1) is 12.7 Å². The van der Waals surface area contributed by atoms with Crippen LogP contribution in [0.3, 0.4) is 0 Å². The highest BCUT2D eigenvalue weighted by Gasteiger charge is 2.68. The lowest BCUT2D eigenvalue weighted by Gasteiger charge is -2.46. The van der Waals surface area contributed by atoms with Crippen molar-refractivity contribution in [3.63, 3.8) is 0 Å². The van der Waals surface area contributed by atoms with Crippen molar-refractivity contribution in [3.8, 4) is 0 Å². The van der Waals surface area contributed by atoms with Gasteiger partial charge in [-0.3, -0.25) is 9.69 Å². The second kappa shape index (κ2) is 8.74. The van der Waals surface area contributed by atoms with Crippen molar-refractivity contribution < 1.29 is 14.3 Å². The summed E-state index contributed by atoms with van der Waals surface area (Å²) in [6.07, 6.45) is 9.26. The highest BCUT2D eigenvalue weighted by molar-refractivity contribution is 6.09. The predicted octanol–water partition coefficient (Wildman–Crippen LogP) is 5.66. The molecule has 4 aliphatic rings. The summed E-state index contributed by atoms with van der Waals surface area (Å²) in [5.74, 6) is 0.676. The number of urea groups is 1. The van der Waals surface area contributed by atoms with Crippen LogP contribution in [0.2, 0.25) is 0 Å². The molecule has 3 aliphatic carbocycles. The Kier molecular flexibility index (Phi) is 5.64. The van der Waals surface area contributed by atoms with Crippen molar-refractivity contribution in [2.75, 3.05) is 7.11 Å². The number of aryl methyl sites for hydroxylation is 1. The minimum atomic E-state index is -1.05. The minimum Gasteiger partial charge on any atom is -0.381 e. The molecule has 1 unspecified atom stereocenters. The molecule has 0 bridgehead atoms. The lowest BCUT2D eigenvalue weighted by atomic mass is 9.61. The van der Waals surface area contributed by atoms with Crippen LogP contribution in [0.5, 0.6) is 0 Å². The second-order valence-corrected chi connectivity index (χ2v) is 11.2. The van der Waals surface area contributed by atoms with Crippen LogP contribution >= 0.6 is 0 Å². The number of ether oxygens (including phenoxy) is 1. The van der Waals surface area contributed by atoms with Crippen LogP contribution in [0, 0.1) is 17.9 Å². The van der Waals surface area contributed by atoms with Gasteiger partial charge in [0.25, 0.3) is 5.91 Å².